The van der Waals surface area contributed by atoms with Gasteiger partial charge in [-0.2, -0.15) is 0 Å². The van der Waals surface area contributed by atoms with E-state index in [0.29, 0.717) is 5.69 Å². The fourth-order valence-corrected chi connectivity index (χ4v) is 2.52. The average Bonchev–Trinajstić information content (AvgIpc) is 2.82. The SMILES string of the molecule is Nc1cc(C(=O)O)ccc1N1CCc2ccccc21. The summed E-state index contributed by atoms with van der Waals surface area (Å²) in [4.78, 5) is 13.1. The molecule has 0 aliphatic carbocycles. The van der Waals surface area contributed by atoms with Crippen LogP contribution in [0.15, 0.2) is 42.5 Å². The molecule has 0 fully saturated rings. The molecule has 2 aromatic carbocycles. The minimum Gasteiger partial charge on any atom is -0.478 e. The summed E-state index contributed by atoms with van der Waals surface area (Å²) in [7, 11) is 0. The Kier molecular flexibility index (Phi) is 2.63. The summed E-state index contributed by atoms with van der Waals surface area (Å²) in [5.41, 5.74) is 10.0. The van der Waals surface area contributed by atoms with Crippen LogP contribution in [0.1, 0.15) is 15.9 Å². The van der Waals surface area contributed by atoms with Crippen LogP contribution < -0.4 is 10.6 Å². The number of carboxylic acids is 1. The van der Waals surface area contributed by atoms with Crippen molar-refractivity contribution in [3.8, 4) is 0 Å². The number of anilines is 3. The highest BCUT2D eigenvalue weighted by molar-refractivity contribution is 5.91. The van der Waals surface area contributed by atoms with Crippen molar-refractivity contribution in [3.05, 3.63) is 53.6 Å². The molecule has 96 valence electrons. The molecule has 1 aliphatic heterocycles. The van der Waals surface area contributed by atoms with Gasteiger partial charge in [0.15, 0.2) is 0 Å². The van der Waals surface area contributed by atoms with Crippen molar-refractivity contribution in [2.24, 2.45) is 0 Å². The first-order valence-electron chi connectivity index (χ1n) is 6.15. The molecule has 0 aromatic heterocycles. The molecule has 19 heavy (non-hydrogen) atoms. The molecule has 1 heterocycles. The number of nitrogens with zero attached hydrogens (tertiary/aromatic N) is 1. The van der Waals surface area contributed by atoms with Crippen LogP contribution in [0.5, 0.6) is 0 Å². The maximum absolute atomic E-state index is 10.9. The smallest absolute Gasteiger partial charge is 0.335 e. The van der Waals surface area contributed by atoms with E-state index in [0.717, 1.165) is 24.3 Å². The number of aromatic carboxylic acids is 1. The van der Waals surface area contributed by atoms with E-state index in [2.05, 4.69) is 17.0 Å². The quantitative estimate of drug-likeness (QED) is 0.808. The third kappa shape index (κ3) is 1.91. The first-order valence-corrected chi connectivity index (χ1v) is 6.15. The lowest BCUT2D eigenvalue weighted by molar-refractivity contribution is 0.0697. The normalized spacial score (nSPS) is 13.4. The first-order chi connectivity index (χ1) is 9.16. The van der Waals surface area contributed by atoms with Crippen molar-refractivity contribution in [1.29, 1.82) is 0 Å². The Balaban J connectivity index is 2.03. The van der Waals surface area contributed by atoms with Crippen molar-refractivity contribution < 1.29 is 9.90 Å². The molecule has 0 bridgehead atoms. The summed E-state index contributed by atoms with van der Waals surface area (Å²) in [5, 5.41) is 8.95. The number of carbonyl (C=O) groups is 1. The first kappa shape index (κ1) is 11.6. The molecule has 4 nitrogen and oxygen atoms in total. The van der Waals surface area contributed by atoms with Crippen LogP contribution in [0.4, 0.5) is 17.1 Å². The second kappa shape index (κ2) is 4.31. The van der Waals surface area contributed by atoms with E-state index in [9.17, 15) is 4.79 Å². The molecule has 0 atom stereocenters. The molecule has 0 unspecified atom stereocenters. The van der Waals surface area contributed by atoms with Crippen LogP contribution in [0, 0.1) is 0 Å². The molecule has 2 aromatic rings. The van der Waals surface area contributed by atoms with Crippen LogP contribution in [-0.2, 0) is 6.42 Å². The predicted octanol–water partition coefficient (Wildman–Crippen LogP) is 2.66. The lowest BCUT2D eigenvalue weighted by Crippen LogP contribution is -2.15. The number of rotatable bonds is 2. The van der Waals surface area contributed by atoms with E-state index >= 15 is 0 Å². The van der Waals surface area contributed by atoms with Gasteiger partial charge in [-0.3, -0.25) is 0 Å². The van der Waals surface area contributed by atoms with Gasteiger partial charge in [0.2, 0.25) is 0 Å². The molecule has 3 rings (SSSR count). The maximum Gasteiger partial charge on any atom is 0.335 e. The van der Waals surface area contributed by atoms with Gasteiger partial charge in [0, 0.05) is 12.2 Å². The second-order valence-corrected chi connectivity index (χ2v) is 4.61. The fourth-order valence-electron chi connectivity index (χ4n) is 2.52. The number of hydrogen-bond donors (Lipinski definition) is 2. The number of carboxylic acid groups (broad SMARTS) is 1. The van der Waals surface area contributed by atoms with Crippen molar-refractivity contribution >= 4 is 23.0 Å². The topological polar surface area (TPSA) is 66.6 Å². The largest absolute Gasteiger partial charge is 0.478 e. The standard InChI is InChI=1S/C15H14N2O2/c16-12-9-11(15(18)19)5-6-14(12)17-8-7-10-3-1-2-4-13(10)17/h1-6,9H,7-8,16H2,(H,18,19). The average molecular weight is 254 g/mol. The summed E-state index contributed by atoms with van der Waals surface area (Å²) in [6.07, 6.45) is 0.982. The van der Waals surface area contributed by atoms with E-state index in [4.69, 9.17) is 10.8 Å². The Morgan fingerprint density at radius 3 is 2.68 bits per heavy atom. The number of nitrogens with two attached hydrogens (primary N) is 1. The van der Waals surface area contributed by atoms with Crippen LogP contribution in [0.25, 0.3) is 0 Å². The lowest BCUT2D eigenvalue weighted by Gasteiger charge is -2.21. The summed E-state index contributed by atoms with van der Waals surface area (Å²) in [6.45, 7) is 0.871. The molecular formula is C15H14N2O2. The number of hydrogen-bond acceptors (Lipinski definition) is 3. The van der Waals surface area contributed by atoms with Gasteiger partial charge >= 0.3 is 5.97 Å². The van der Waals surface area contributed by atoms with E-state index in [1.54, 1.807) is 12.1 Å². The minimum absolute atomic E-state index is 0.216. The highest BCUT2D eigenvalue weighted by Crippen LogP contribution is 2.37. The molecule has 0 amide bonds. The second-order valence-electron chi connectivity index (χ2n) is 4.61. The molecule has 0 saturated carbocycles. The van der Waals surface area contributed by atoms with Gasteiger partial charge in [0.05, 0.1) is 16.9 Å². The highest BCUT2D eigenvalue weighted by atomic mass is 16.4. The minimum atomic E-state index is -0.958. The van der Waals surface area contributed by atoms with E-state index in [1.165, 1.54) is 11.6 Å². The number of fused-ring (bicyclic) bond motifs is 1. The van der Waals surface area contributed by atoms with Gasteiger partial charge in [0.1, 0.15) is 0 Å². The lowest BCUT2D eigenvalue weighted by atomic mass is 10.1. The van der Waals surface area contributed by atoms with Crippen LogP contribution in [0.2, 0.25) is 0 Å². The molecular weight excluding hydrogens is 240 g/mol. The number of para-hydroxylation sites is 1. The van der Waals surface area contributed by atoms with Crippen LogP contribution in [0.3, 0.4) is 0 Å². The Morgan fingerprint density at radius 2 is 1.95 bits per heavy atom. The molecule has 0 saturated heterocycles. The fraction of sp³-hybridized carbons (Fsp3) is 0.133. The zero-order chi connectivity index (χ0) is 13.4. The van der Waals surface area contributed by atoms with Crippen molar-refractivity contribution in [2.45, 2.75) is 6.42 Å². The maximum atomic E-state index is 10.9. The summed E-state index contributed by atoms with van der Waals surface area (Å²) < 4.78 is 0. The third-order valence-electron chi connectivity index (χ3n) is 3.45. The van der Waals surface area contributed by atoms with Crippen molar-refractivity contribution in [3.63, 3.8) is 0 Å². The van der Waals surface area contributed by atoms with Gasteiger partial charge in [-0.1, -0.05) is 18.2 Å². The highest BCUT2D eigenvalue weighted by Gasteiger charge is 2.21. The number of benzene rings is 2. The van der Waals surface area contributed by atoms with E-state index in [1.807, 2.05) is 12.1 Å². The molecule has 0 spiro atoms. The Morgan fingerprint density at radius 1 is 1.16 bits per heavy atom. The summed E-state index contributed by atoms with van der Waals surface area (Å²) in [5.74, 6) is -0.958. The Hall–Kier alpha value is -2.49. The Labute approximate surface area is 111 Å². The van der Waals surface area contributed by atoms with Gasteiger partial charge in [-0.25, -0.2) is 4.79 Å². The molecule has 1 aliphatic rings. The zero-order valence-electron chi connectivity index (χ0n) is 10.3. The van der Waals surface area contributed by atoms with Crippen LogP contribution >= 0.6 is 0 Å². The molecule has 0 radical (unpaired) electrons. The van der Waals surface area contributed by atoms with Gasteiger partial charge < -0.3 is 15.7 Å². The Bertz CT molecular complexity index is 652. The molecule has 4 heteroatoms. The molecule has 3 N–H and O–H groups in total. The van der Waals surface area contributed by atoms with E-state index < -0.39 is 5.97 Å². The van der Waals surface area contributed by atoms with Crippen LogP contribution in [-0.4, -0.2) is 17.6 Å². The summed E-state index contributed by atoms with van der Waals surface area (Å²) in [6, 6.07) is 13.1. The zero-order valence-corrected chi connectivity index (χ0v) is 10.3. The van der Waals surface area contributed by atoms with Gasteiger partial charge in [-0.05, 0) is 36.2 Å². The predicted molar refractivity (Wildman–Crippen MR) is 75.0 cm³/mol. The van der Waals surface area contributed by atoms with Crippen molar-refractivity contribution in [2.75, 3.05) is 17.2 Å². The van der Waals surface area contributed by atoms with E-state index in [-0.39, 0.29) is 5.56 Å². The van der Waals surface area contributed by atoms with Gasteiger partial charge in [0.25, 0.3) is 0 Å². The summed E-state index contributed by atoms with van der Waals surface area (Å²) >= 11 is 0. The van der Waals surface area contributed by atoms with Crippen molar-refractivity contribution in [1.82, 2.24) is 0 Å². The third-order valence-corrected chi connectivity index (χ3v) is 3.45. The number of nitrogen functional groups attached to an aromatic ring is 1. The van der Waals surface area contributed by atoms with Gasteiger partial charge in [-0.15, -0.1) is 0 Å². The monoisotopic (exact) mass is 254 g/mol.